The molecule has 102 valence electrons. The van der Waals surface area contributed by atoms with E-state index in [1.807, 2.05) is 12.3 Å². The van der Waals surface area contributed by atoms with Gasteiger partial charge in [-0.15, -0.1) is 0 Å². The number of rotatable bonds is 3. The molecule has 2 aromatic rings. The molecular formula is C14H21N5. The number of imidazole rings is 1. The first-order valence-electron chi connectivity index (χ1n) is 6.92. The summed E-state index contributed by atoms with van der Waals surface area (Å²) in [6.07, 6.45) is 6.19. The van der Waals surface area contributed by atoms with Gasteiger partial charge in [-0.1, -0.05) is 0 Å². The maximum atomic E-state index is 4.49. The molecule has 1 aliphatic rings. The zero-order valence-corrected chi connectivity index (χ0v) is 11.6. The second-order valence-electron chi connectivity index (χ2n) is 5.58. The van der Waals surface area contributed by atoms with E-state index in [1.54, 1.807) is 6.33 Å². The molecule has 0 saturated carbocycles. The highest BCUT2D eigenvalue weighted by Crippen LogP contribution is 2.23. The van der Waals surface area contributed by atoms with Gasteiger partial charge in [0, 0.05) is 26.3 Å². The summed E-state index contributed by atoms with van der Waals surface area (Å²) in [6.45, 7) is 3.46. The molecule has 3 rings (SSSR count). The fourth-order valence-corrected chi connectivity index (χ4v) is 3.03. The molecule has 5 heteroatoms. The van der Waals surface area contributed by atoms with Gasteiger partial charge in [0.2, 0.25) is 0 Å². The van der Waals surface area contributed by atoms with Crippen molar-refractivity contribution in [2.45, 2.75) is 12.8 Å². The number of aromatic nitrogens is 3. The van der Waals surface area contributed by atoms with Crippen LogP contribution < -0.4 is 4.90 Å². The number of fused-ring (bicyclic) bond motifs is 1. The molecule has 1 atom stereocenters. The zero-order valence-electron chi connectivity index (χ0n) is 11.6. The lowest BCUT2D eigenvalue weighted by Crippen LogP contribution is -2.38. The number of H-pyrrole nitrogens is 1. The number of hydrogen-bond donors (Lipinski definition) is 1. The molecule has 0 amide bonds. The van der Waals surface area contributed by atoms with Gasteiger partial charge in [0.15, 0.2) is 5.82 Å². The summed E-state index contributed by atoms with van der Waals surface area (Å²) in [4.78, 5) is 16.7. The third kappa shape index (κ3) is 2.56. The Morgan fingerprint density at radius 3 is 3.21 bits per heavy atom. The van der Waals surface area contributed by atoms with E-state index < -0.39 is 0 Å². The largest absolute Gasteiger partial charge is 0.357 e. The molecule has 0 spiro atoms. The summed E-state index contributed by atoms with van der Waals surface area (Å²) in [7, 11) is 4.32. The van der Waals surface area contributed by atoms with Gasteiger partial charge in [-0.25, -0.2) is 9.97 Å². The number of hydrogen-bond acceptors (Lipinski definition) is 4. The predicted octanol–water partition coefficient (Wildman–Crippen LogP) is 1.74. The lowest BCUT2D eigenvalue weighted by Gasteiger charge is -2.32. The Kier molecular flexibility index (Phi) is 3.38. The molecule has 2 aromatic heterocycles. The van der Waals surface area contributed by atoms with E-state index in [1.165, 1.54) is 25.9 Å². The summed E-state index contributed by atoms with van der Waals surface area (Å²) >= 11 is 0. The van der Waals surface area contributed by atoms with Gasteiger partial charge in [-0.3, -0.25) is 0 Å². The Morgan fingerprint density at radius 1 is 1.47 bits per heavy atom. The Labute approximate surface area is 113 Å². The molecule has 0 aliphatic carbocycles. The fraction of sp³-hybridized carbons (Fsp3) is 0.571. The smallest absolute Gasteiger partial charge is 0.156 e. The second kappa shape index (κ2) is 5.17. The Hall–Kier alpha value is -1.62. The van der Waals surface area contributed by atoms with E-state index in [9.17, 15) is 0 Å². The summed E-state index contributed by atoms with van der Waals surface area (Å²) < 4.78 is 0. The zero-order chi connectivity index (χ0) is 13.2. The van der Waals surface area contributed by atoms with Crippen LogP contribution in [0.25, 0.3) is 11.0 Å². The SMILES string of the molecule is CN1CCC[C@H](CN(C)c2nccc3[nH]cnc23)C1. The average Bonchev–Trinajstić information content (AvgIpc) is 2.86. The van der Waals surface area contributed by atoms with Crippen LogP contribution in [-0.4, -0.2) is 53.6 Å². The minimum atomic E-state index is 0.722. The van der Waals surface area contributed by atoms with Crippen LogP contribution in [0.4, 0.5) is 5.82 Å². The molecule has 1 aliphatic heterocycles. The lowest BCUT2D eigenvalue weighted by atomic mass is 9.98. The van der Waals surface area contributed by atoms with Crippen LogP contribution in [0.15, 0.2) is 18.6 Å². The third-order valence-corrected chi connectivity index (χ3v) is 3.93. The summed E-state index contributed by atoms with van der Waals surface area (Å²) in [5, 5.41) is 0. The van der Waals surface area contributed by atoms with Gasteiger partial charge >= 0.3 is 0 Å². The molecule has 1 saturated heterocycles. The van der Waals surface area contributed by atoms with E-state index >= 15 is 0 Å². The van der Waals surface area contributed by atoms with Crippen LogP contribution in [0.2, 0.25) is 0 Å². The normalized spacial score (nSPS) is 20.8. The van der Waals surface area contributed by atoms with Crippen molar-refractivity contribution < 1.29 is 0 Å². The number of anilines is 1. The first-order valence-corrected chi connectivity index (χ1v) is 6.92. The van der Waals surface area contributed by atoms with Crippen LogP contribution in [0, 0.1) is 5.92 Å². The highest BCUT2D eigenvalue weighted by molar-refractivity contribution is 5.85. The van der Waals surface area contributed by atoms with Gasteiger partial charge in [0.1, 0.15) is 5.52 Å². The molecule has 0 unspecified atom stereocenters. The van der Waals surface area contributed by atoms with E-state index in [0.29, 0.717) is 0 Å². The molecule has 1 fully saturated rings. The summed E-state index contributed by atoms with van der Waals surface area (Å²) in [5.41, 5.74) is 2.02. The lowest BCUT2D eigenvalue weighted by molar-refractivity contribution is 0.213. The van der Waals surface area contributed by atoms with Crippen LogP contribution in [0.3, 0.4) is 0 Å². The Balaban J connectivity index is 1.76. The minimum absolute atomic E-state index is 0.722. The number of nitrogens with zero attached hydrogens (tertiary/aromatic N) is 4. The van der Waals surface area contributed by atoms with Crippen LogP contribution in [0.5, 0.6) is 0 Å². The van der Waals surface area contributed by atoms with E-state index in [4.69, 9.17) is 0 Å². The molecule has 0 aromatic carbocycles. The second-order valence-corrected chi connectivity index (χ2v) is 5.58. The average molecular weight is 259 g/mol. The monoisotopic (exact) mass is 259 g/mol. The van der Waals surface area contributed by atoms with E-state index in [0.717, 1.165) is 29.3 Å². The standard InChI is InChI=1S/C14H21N5/c1-18-7-3-4-11(8-18)9-19(2)14-13-12(5-6-15-14)16-10-17-13/h5-6,10-11H,3-4,7-9H2,1-2H3,(H,16,17)/t11-/m0/s1. The van der Waals surface area contributed by atoms with Gasteiger partial charge in [0.25, 0.3) is 0 Å². The van der Waals surface area contributed by atoms with Gasteiger partial charge in [-0.05, 0) is 38.4 Å². The summed E-state index contributed by atoms with van der Waals surface area (Å²) in [5.74, 6) is 1.70. The van der Waals surface area contributed by atoms with Crippen molar-refractivity contribution in [3.05, 3.63) is 18.6 Å². The Bertz CT molecular complexity index is 550. The maximum Gasteiger partial charge on any atom is 0.156 e. The van der Waals surface area contributed by atoms with Crippen LogP contribution >= 0.6 is 0 Å². The maximum absolute atomic E-state index is 4.49. The molecule has 0 bridgehead atoms. The van der Waals surface area contributed by atoms with Crippen LogP contribution in [-0.2, 0) is 0 Å². The number of likely N-dealkylation sites (tertiary alicyclic amines) is 1. The molecular weight excluding hydrogens is 238 g/mol. The number of pyridine rings is 1. The number of aromatic amines is 1. The number of piperidine rings is 1. The van der Waals surface area contributed by atoms with Crippen molar-refractivity contribution in [2.75, 3.05) is 38.6 Å². The first-order chi connectivity index (χ1) is 9.24. The van der Waals surface area contributed by atoms with Gasteiger partial charge < -0.3 is 14.8 Å². The van der Waals surface area contributed by atoms with Crippen molar-refractivity contribution in [3.8, 4) is 0 Å². The topological polar surface area (TPSA) is 48.0 Å². The first kappa shape index (κ1) is 12.4. The van der Waals surface area contributed by atoms with Gasteiger partial charge in [-0.2, -0.15) is 0 Å². The van der Waals surface area contributed by atoms with E-state index in [-0.39, 0.29) is 0 Å². The molecule has 3 heterocycles. The van der Waals surface area contributed by atoms with Crippen molar-refractivity contribution >= 4 is 16.9 Å². The highest BCUT2D eigenvalue weighted by Gasteiger charge is 2.20. The molecule has 1 N–H and O–H groups in total. The molecule has 19 heavy (non-hydrogen) atoms. The molecule has 5 nitrogen and oxygen atoms in total. The molecule has 0 radical (unpaired) electrons. The van der Waals surface area contributed by atoms with E-state index in [2.05, 4.69) is 38.8 Å². The van der Waals surface area contributed by atoms with Crippen molar-refractivity contribution in [1.82, 2.24) is 19.9 Å². The van der Waals surface area contributed by atoms with Crippen molar-refractivity contribution in [1.29, 1.82) is 0 Å². The van der Waals surface area contributed by atoms with Gasteiger partial charge in [0.05, 0.1) is 11.8 Å². The minimum Gasteiger partial charge on any atom is -0.357 e. The van der Waals surface area contributed by atoms with Crippen molar-refractivity contribution in [2.24, 2.45) is 5.92 Å². The predicted molar refractivity (Wildman–Crippen MR) is 77.4 cm³/mol. The fourth-order valence-electron chi connectivity index (χ4n) is 3.03. The third-order valence-electron chi connectivity index (χ3n) is 3.93. The quantitative estimate of drug-likeness (QED) is 0.912. The summed E-state index contributed by atoms with van der Waals surface area (Å²) in [6, 6.07) is 1.97. The highest BCUT2D eigenvalue weighted by atomic mass is 15.2. The van der Waals surface area contributed by atoms with Crippen molar-refractivity contribution in [3.63, 3.8) is 0 Å². The Morgan fingerprint density at radius 2 is 2.37 bits per heavy atom. The van der Waals surface area contributed by atoms with Crippen LogP contribution in [0.1, 0.15) is 12.8 Å². The number of nitrogens with one attached hydrogen (secondary N) is 1.